The lowest BCUT2D eigenvalue weighted by Gasteiger charge is -2.30. The van der Waals surface area contributed by atoms with Gasteiger partial charge in [0.1, 0.15) is 29.0 Å². The van der Waals surface area contributed by atoms with Crippen LogP contribution in [0.25, 0.3) is 44.0 Å². The lowest BCUT2D eigenvalue weighted by molar-refractivity contribution is -0.142. The third-order valence-electron chi connectivity index (χ3n) is 12.9. The van der Waals surface area contributed by atoms with E-state index in [2.05, 4.69) is 46.3 Å². The van der Waals surface area contributed by atoms with Crippen LogP contribution in [0.1, 0.15) is 87.4 Å². The number of thiazole rings is 1. The number of β-amino-alcohol motifs (C(OH)–C–C–N with tert-alkyl or cyclic N) is 1. The molecule has 3 aliphatic rings. The maximum absolute atomic E-state index is 14.3. The van der Waals surface area contributed by atoms with Gasteiger partial charge in [-0.2, -0.15) is 0 Å². The molecule has 2 saturated heterocycles. The number of amides is 2. The number of rotatable bonds is 12. The lowest BCUT2D eigenvalue weighted by Crippen LogP contribution is -2.49. The van der Waals surface area contributed by atoms with Crippen LogP contribution in [0.4, 0.5) is 5.95 Å². The fourth-order valence-corrected chi connectivity index (χ4v) is 10.1. The second-order valence-electron chi connectivity index (χ2n) is 17.7. The van der Waals surface area contributed by atoms with E-state index < -0.39 is 18.2 Å². The number of nitrogens with one attached hydrogen (secondary N) is 1. The second-order valence-corrected chi connectivity index (χ2v) is 18.5. The zero-order valence-corrected chi connectivity index (χ0v) is 36.9. The van der Waals surface area contributed by atoms with Gasteiger partial charge in [-0.05, 0) is 74.4 Å². The standard InChI is InChI=1S/C47H50N12O4S/c1-26(2)43(46(63)57-23-34(60)17-41(57)45(62)51-27(3)29-9-11-30(12-10-29)44-28(4)50-25-64-44)58-24-38(54-55-58)32-20-48-47(49-21-32)56-16-15-31(22-56)39-19-37-40(59(39)33-13-14-33)18-36(52-53-37)35-7-5-6-8-42(35)61/h5-12,18-21,24-27,31,33-34,41,43,60-61H,13-17,22-23H2,1-4H3,(H,51,62)/t27-,31-,34?,41?,43+/m0/s1. The van der Waals surface area contributed by atoms with Gasteiger partial charge in [-0.25, -0.2) is 19.6 Å². The highest BCUT2D eigenvalue weighted by molar-refractivity contribution is 7.13. The largest absolute Gasteiger partial charge is 0.507 e. The number of carbonyl (C=O) groups is 2. The third kappa shape index (κ3) is 7.87. The average molecular weight is 879 g/mol. The number of aromatic nitrogens is 9. The number of likely N-dealkylation sites (tertiary alicyclic amines) is 1. The lowest BCUT2D eigenvalue weighted by atomic mass is 10.0. The van der Waals surface area contributed by atoms with Crippen LogP contribution in [0.2, 0.25) is 0 Å². The normalized spacial score (nSPS) is 19.8. The maximum atomic E-state index is 14.3. The summed E-state index contributed by atoms with van der Waals surface area (Å²) >= 11 is 1.59. The third-order valence-corrected chi connectivity index (χ3v) is 13.8. The average Bonchev–Trinajstić information content (AvgIpc) is 3.81. The van der Waals surface area contributed by atoms with Gasteiger partial charge in [0.15, 0.2) is 0 Å². The van der Waals surface area contributed by atoms with Crippen molar-refractivity contribution in [2.24, 2.45) is 5.92 Å². The molecule has 17 heteroatoms. The molecule has 64 heavy (non-hydrogen) atoms. The van der Waals surface area contributed by atoms with Crippen molar-refractivity contribution < 1.29 is 19.8 Å². The Morgan fingerprint density at radius 2 is 1.67 bits per heavy atom. The monoisotopic (exact) mass is 878 g/mol. The first kappa shape index (κ1) is 41.4. The van der Waals surface area contributed by atoms with E-state index in [1.54, 1.807) is 46.7 Å². The maximum Gasteiger partial charge on any atom is 0.248 e. The number of carbonyl (C=O) groups excluding carboxylic acids is 2. The van der Waals surface area contributed by atoms with Gasteiger partial charge < -0.3 is 29.9 Å². The molecular formula is C47H50N12O4S. The van der Waals surface area contributed by atoms with Crippen LogP contribution in [0, 0.1) is 12.8 Å². The molecule has 0 radical (unpaired) electrons. The Morgan fingerprint density at radius 3 is 2.39 bits per heavy atom. The van der Waals surface area contributed by atoms with Gasteiger partial charge in [-0.15, -0.1) is 26.6 Å². The van der Waals surface area contributed by atoms with Crippen LogP contribution in [0.3, 0.4) is 0 Å². The first-order chi connectivity index (χ1) is 31.0. The quantitative estimate of drug-likeness (QED) is 0.119. The van der Waals surface area contributed by atoms with Gasteiger partial charge in [0, 0.05) is 67.2 Å². The highest BCUT2D eigenvalue weighted by Crippen LogP contribution is 2.44. The number of nitrogens with zero attached hydrogens (tertiary/aromatic N) is 11. The summed E-state index contributed by atoms with van der Waals surface area (Å²) in [5, 5.41) is 42.2. The van der Waals surface area contributed by atoms with E-state index in [0.29, 0.717) is 34.5 Å². The van der Waals surface area contributed by atoms with Crippen molar-refractivity contribution in [2.45, 2.75) is 89.6 Å². The Bertz CT molecular complexity index is 2830. The number of para-hydroxylation sites is 1. The zero-order chi connectivity index (χ0) is 44.2. The number of benzene rings is 2. The number of aryl methyl sites for hydroxylation is 1. The summed E-state index contributed by atoms with van der Waals surface area (Å²) in [5.74, 6) is 0.231. The minimum absolute atomic E-state index is 0.0448. The molecule has 3 N–H and O–H groups in total. The van der Waals surface area contributed by atoms with E-state index in [1.165, 1.54) is 10.6 Å². The van der Waals surface area contributed by atoms with Crippen molar-refractivity contribution in [3.63, 3.8) is 0 Å². The summed E-state index contributed by atoms with van der Waals surface area (Å²) in [6.45, 7) is 9.34. The first-order valence-electron chi connectivity index (χ1n) is 22.0. The van der Waals surface area contributed by atoms with Gasteiger partial charge in [-0.3, -0.25) is 9.59 Å². The van der Waals surface area contributed by atoms with Gasteiger partial charge in [0.05, 0.1) is 45.6 Å². The minimum atomic E-state index is -0.840. The SMILES string of the molecule is Cc1ncsc1-c1ccc([C@H](C)NC(=O)C2CC(O)CN2C(=O)[C@@H](C(C)C)n2cc(-c3cnc(N4CC[C@H](c5cc6nnc(-c7ccccc7O)cc6n5C5CC5)C4)nc3)nn2)cc1. The highest BCUT2D eigenvalue weighted by Gasteiger charge is 2.43. The molecule has 5 aromatic heterocycles. The molecular weight excluding hydrogens is 829 g/mol. The van der Waals surface area contributed by atoms with Crippen molar-refractivity contribution >= 4 is 40.1 Å². The smallest absolute Gasteiger partial charge is 0.248 e. The van der Waals surface area contributed by atoms with Crippen molar-refractivity contribution in [3.05, 3.63) is 102 Å². The van der Waals surface area contributed by atoms with Crippen LogP contribution in [-0.2, 0) is 9.59 Å². The van der Waals surface area contributed by atoms with Crippen molar-refractivity contribution in [3.8, 4) is 38.7 Å². The molecule has 3 fully saturated rings. The molecule has 5 atom stereocenters. The van der Waals surface area contributed by atoms with E-state index >= 15 is 0 Å². The molecule has 7 aromatic rings. The van der Waals surface area contributed by atoms with Gasteiger partial charge in [0.2, 0.25) is 17.8 Å². The first-order valence-corrected chi connectivity index (χ1v) is 22.8. The number of hydrogen-bond acceptors (Lipinski definition) is 13. The van der Waals surface area contributed by atoms with E-state index in [-0.39, 0.29) is 48.4 Å². The molecule has 2 unspecified atom stereocenters. The Morgan fingerprint density at radius 1 is 0.891 bits per heavy atom. The second kappa shape index (κ2) is 16.8. The van der Waals surface area contributed by atoms with E-state index in [1.807, 2.05) is 75.7 Å². The number of fused-ring (bicyclic) bond motifs is 1. The Hall–Kier alpha value is -6.59. The molecule has 1 saturated carbocycles. The summed E-state index contributed by atoms with van der Waals surface area (Å²) in [5.41, 5.74) is 10.4. The van der Waals surface area contributed by atoms with Gasteiger partial charge >= 0.3 is 0 Å². The number of aromatic hydroxyl groups is 1. The van der Waals surface area contributed by atoms with E-state index in [4.69, 9.17) is 9.97 Å². The number of phenols is 1. The molecule has 10 rings (SSSR count). The summed E-state index contributed by atoms with van der Waals surface area (Å²) in [4.78, 5) is 46.8. The summed E-state index contributed by atoms with van der Waals surface area (Å²) in [6, 6.07) is 18.0. The molecule has 7 heterocycles. The molecule has 0 bridgehead atoms. The number of aliphatic hydroxyl groups is 1. The summed E-state index contributed by atoms with van der Waals surface area (Å²) < 4.78 is 3.97. The molecule has 0 spiro atoms. The molecule has 1 aliphatic carbocycles. The van der Waals surface area contributed by atoms with Gasteiger partial charge in [0.25, 0.3) is 0 Å². The van der Waals surface area contributed by atoms with Crippen LogP contribution >= 0.6 is 11.3 Å². The minimum Gasteiger partial charge on any atom is -0.507 e. The fourth-order valence-electron chi connectivity index (χ4n) is 9.33. The zero-order valence-electron chi connectivity index (χ0n) is 36.1. The number of hydrogen-bond donors (Lipinski definition) is 3. The van der Waals surface area contributed by atoms with Gasteiger partial charge in [-0.1, -0.05) is 55.5 Å². The van der Waals surface area contributed by atoms with Crippen LogP contribution in [0.5, 0.6) is 5.75 Å². The fraction of sp³-hybridized carbons (Fsp3) is 0.383. The summed E-state index contributed by atoms with van der Waals surface area (Å²) in [7, 11) is 0. The van der Waals surface area contributed by atoms with Crippen LogP contribution in [-0.4, -0.2) is 103 Å². The topological polar surface area (TPSA) is 193 Å². The highest BCUT2D eigenvalue weighted by atomic mass is 32.1. The Balaban J connectivity index is 0.807. The number of phenolic OH excluding ortho intramolecular Hbond substituents is 1. The molecule has 2 aromatic carbocycles. The Labute approximate surface area is 374 Å². The molecule has 2 aliphatic heterocycles. The summed E-state index contributed by atoms with van der Waals surface area (Å²) in [6.07, 6.45) is 7.67. The predicted octanol–water partition coefficient (Wildman–Crippen LogP) is 6.65. The molecule has 16 nitrogen and oxygen atoms in total. The predicted molar refractivity (Wildman–Crippen MR) is 242 cm³/mol. The van der Waals surface area contributed by atoms with Crippen molar-refractivity contribution in [1.29, 1.82) is 0 Å². The molecule has 2 amide bonds. The van der Waals surface area contributed by atoms with Crippen molar-refractivity contribution in [1.82, 2.24) is 54.9 Å². The van der Waals surface area contributed by atoms with E-state index in [9.17, 15) is 19.8 Å². The van der Waals surface area contributed by atoms with Crippen LogP contribution < -0.4 is 10.2 Å². The van der Waals surface area contributed by atoms with Crippen molar-refractivity contribution in [2.75, 3.05) is 24.5 Å². The number of aliphatic hydroxyl groups excluding tert-OH is 1. The Kier molecular flexibility index (Phi) is 10.9. The molecule has 328 valence electrons. The van der Waals surface area contributed by atoms with Crippen LogP contribution in [0.15, 0.2) is 84.8 Å². The number of anilines is 1. The van der Waals surface area contributed by atoms with E-state index in [0.717, 1.165) is 65.1 Å².